The van der Waals surface area contributed by atoms with E-state index in [2.05, 4.69) is 87.6 Å². The fourth-order valence-corrected chi connectivity index (χ4v) is 9.71. The SMILES string of the molecule is CC/C=C\C/C=C\C/C=C\C/C=C\CCC(=O)OCC(COC(=O)CCCCCCCCCCCCCCCCCCCCCCCCCCCCCCCCCC)OC(=O)CCCCCCC/C=C\C/C=C\CCCC. The first-order valence-corrected chi connectivity index (χ1v) is 33.4. The molecule has 0 heterocycles. The summed E-state index contributed by atoms with van der Waals surface area (Å²) in [5.74, 6) is -0.988. The maximum atomic E-state index is 12.9. The lowest BCUT2D eigenvalue weighted by atomic mass is 10.0. The van der Waals surface area contributed by atoms with E-state index in [9.17, 15) is 14.4 Å². The van der Waals surface area contributed by atoms with Gasteiger partial charge in [0, 0.05) is 19.3 Å². The van der Waals surface area contributed by atoms with Crippen molar-refractivity contribution in [3.8, 4) is 0 Å². The standard InChI is InChI=1S/C71H126O6/c1-4-7-10-13-16-19-22-25-27-28-29-30-31-32-33-34-35-36-37-38-39-40-41-42-43-44-47-49-52-55-58-61-64-70(73)76-67-68(66-75-69(72)63-60-57-54-51-48-45-24-21-18-15-12-9-6-3)77-71(74)65-62-59-56-53-50-46-26-23-20-17-14-11-8-5-2/h9,12,14,17-18,21,23,26,45,48,54,57,68H,4-8,10-11,13,15-16,19-20,22,24-25,27-44,46-47,49-53,55-56,58-67H2,1-3H3/b12-9-,17-14-,21-18-,26-23-,48-45-,57-54-. The van der Waals surface area contributed by atoms with Crippen molar-refractivity contribution in [1.82, 2.24) is 0 Å². The van der Waals surface area contributed by atoms with Gasteiger partial charge in [0.1, 0.15) is 13.2 Å². The molecule has 0 aliphatic rings. The van der Waals surface area contributed by atoms with Crippen LogP contribution >= 0.6 is 0 Å². The van der Waals surface area contributed by atoms with E-state index >= 15 is 0 Å². The van der Waals surface area contributed by atoms with Crippen molar-refractivity contribution in [3.63, 3.8) is 0 Å². The zero-order chi connectivity index (χ0) is 55.7. The molecule has 6 heteroatoms. The summed E-state index contributed by atoms with van der Waals surface area (Å²) >= 11 is 0. The van der Waals surface area contributed by atoms with E-state index in [1.54, 1.807) is 0 Å². The van der Waals surface area contributed by atoms with Crippen LogP contribution in [0, 0.1) is 0 Å². The van der Waals surface area contributed by atoms with Gasteiger partial charge in [0.2, 0.25) is 0 Å². The molecule has 1 atom stereocenters. The third kappa shape index (κ3) is 63.6. The fourth-order valence-electron chi connectivity index (χ4n) is 9.71. The van der Waals surface area contributed by atoms with Gasteiger partial charge in [-0.15, -0.1) is 0 Å². The van der Waals surface area contributed by atoms with Crippen LogP contribution in [0.5, 0.6) is 0 Å². The van der Waals surface area contributed by atoms with Crippen LogP contribution in [0.25, 0.3) is 0 Å². The molecule has 446 valence electrons. The Morgan fingerprint density at radius 1 is 0.273 bits per heavy atom. The first-order chi connectivity index (χ1) is 38.0. The van der Waals surface area contributed by atoms with E-state index in [4.69, 9.17) is 14.2 Å². The van der Waals surface area contributed by atoms with Crippen LogP contribution in [0.1, 0.15) is 342 Å². The van der Waals surface area contributed by atoms with Crippen molar-refractivity contribution >= 4 is 17.9 Å². The quantitative estimate of drug-likeness (QED) is 0.0261. The molecule has 0 aromatic rings. The molecule has 0 aliphatic carbocycles. The fraction of sp³-hybridized carbons (Fsp3) is 0.789. The second kappa shape index (κ2) is 65.4. The van der Waals surface area contributed by atoms with Gasteiger partial charge in [-0.3, -0.25) is 14.4 Å². The van der Waals surface area contributed by atoms with Crippen molar-refractivity contribution in [1.29, 1.82) is 0 Å². The van der Waals surface area contributed by atoms with Crippen LogP contribution in [0.15, 0.2) is 72.9 Å². The molecule has 0 bridgehead atoms. The summed E-state index contributed by atoms with van der Waals surface area (Å²) in [7, 11) is 0. The number of unbranched alkanes of at least 4 members (excludes halogenated alkanes) is 38. The second-order valence-corrected chi connectivity index (χ2v) is 22.4. The van der Waals surface area contributed by atoms with Crippen molar-refractivity contribution in [3.05, 3.63) is 72.9 Å². The number of ether oxygens (including phenoxy) is 3. The van der Waals surface area contributed by atoms with Gasteiger partial charge in [0.05, 0.1) is 0 Å². The molecule has 0 aromatic carbocycles. The van der Waals surface area contributed by atoms with Crippen LogP contribution in [-0.4, -0.2) is 37.2 Å². The smallest absolute Gasteiger partial charge is 0.306 e. The maximum absolute atomic E-state index is 12.9. The molecule has 0 spiro atoms. The van der Waals surface area contributed by atoms with Crippen LogP contribution in [-0.2, 0) is 28.6 Å². The lowest BCUT2D eigenvalue weighted by molar-refractivity contribution is -0.166. The number of allylic oxidation sites excluding steroid dienone is 12. The highest BCUT2D eigenvalue weighted by Gasteiger charge is 2.19. The van der Waals surface area contributed by atoms with Gasteiger partial charge in [0.15, 0.2) is 6.10 Å². The minimum atomic E-state index is -0.811. The molecule has 0 amide bonds. The summed E-state index contributed by atoms with van der Waals surface area (Å²) in [6.07, 6.45) is 85.4. The molecular formula is C71H126O6. The van der Waals surface area contributed by atoms with Gasteiger partial charge in [0.25, 0.3) is 0 Å². The average molecular weight is 1080 g/mol. The molecule has 0 aliphatic heterocycles. The number of carbonyl (C=O) groups is 3. The highest BCUT2D eigenvalue weighted by Crippen LogP contribution is 2.18. The van der Waals surface area contributed by atoms with E-state index in [-0.39, 0.29) is 37.5 Å². The molecule has 0 aromatic heterocycles. The minimum Gasteiger partial charge on any atom is -0.462 e. The van der Waals surface area contributed by atoms with Crippen LogP contribution in [0.4, 0.5) is 0 Å². The van der Waals surface area contributed by atoms with Crippen molar-refractivity contribution in [2.75, 3.05) is 13.2 Å². The Morgan fingerprint density at radius 2 is 0.545 bits per heavy atom. The van der Waals surface area contributed by atoms with Gasteiger partial charge in [-0.25, -0.2) is 0 Å². The van der Waals surface area contributed by atoms with Crippen LogP contribution in [0.2, 0.25) is 0 Å². The molecule has 0 N–H and O–H groups in total. The zero-order valence-corrected chi connectivity index (χ0v) is 51.2. The molecule has 0 radical (unpaired) electrons. The summed E-state index contributed by atoms with van der Waals surface area (Å²) in [4.78, 5) is 38.2. The lowest BCUT2D eigenvalue weighted by Crippen LogP contribution is -2.30. The normalized spacial score (nSPS) is 12.5. The minimum absolute atomic E-state index is 0.101. The number of carbonyl (C=O) groups excluding carboxylic acids is 3. The Morgan fingerprint density at radius 3 is 0.909 bits per heavy atom. The largest absolute Gasteiger partial charge is 0.462 e. The Labute approximate surface area is 478 Å². The molecule has 0 saturated carbocycles. The van der Waals surface area contributed by atoms with Gasteiger partial charge in [-0.05, 0) is 70.6 Å². The molecule has 77 heavy (non-hydrogen) atoms. The van der Waals surface area contributed by atoms with E-state index in [1.165, 1.54) is 205 Å². The van der Waals surface area contributed by atoms with Crippen molar-refractivity contribution < 1.29 is 28.6 Å². The number of hydrogen-bond acceptors (Lipinski definition) is 6. The van der Waals surface area contributed by atoms with Gasteiger partial charge in [-0.2, -0.15) is 0 Å². The predicted molar refractivity (Wildman–Crippen MR) is 335 cm³/mol. The predicted octanol–water partition coefficient (Wildman–Crippen LogP) is 22.9. The van der Waals surface area contributed by atoms with Gasteiger partial charge < -0.3 is 14.2 Å². The molecule has 1 unspecified atom stereocenters. The number of esters is 3. The first-order valence-electron chi connectivity index (χ1n) is 33.4. The van der Waals surface area contributed by atoms with E-state index in [1.807, 2.05) is 6.08 Å². The molecule has 0 rings (SSSR count). The zero-order valence-electron chi connectivity index (χ0n) is 51.2. The summed E-state index contributed by atoms with van der Waals surface area (Å²) in [5, 5.41) is 0. The molecule has 0 saturated heterocycles. The summed E-state index contributed by atoms with van der Waals surface area (Å²) in [6, 6.07) is 0. The van der Waals surface area contributed by atoms with Crippen LogP contribution in [0.3, 0.4) is 0 Å². The highest BCUT2D eigenvalue weighted by molar-refractivity contribution is 5.71. The van der Waals surface area contributed by atoms with E-state index in [0.29, 0.717) is 19.3 Å². The van der Waals surface area contributed by atoms with Gasteiger partial charge in [-0.1, -0.05) is 325 Å². The van der Waals surface area contributed by atoms with E-state index in [0.717, 1.165) is 89.9 Å². The highest BCUT2D eigenvalue weighted by atomic mass is 16.6. The summed E-state index contributed by atoms with van der Waals surface area (Å²) in [6.45, 7) is 6.45. The lowest BCUT2D eigenvalue weighted by Gasteiger charge is -2.18. The Bertz CT molecular complexity index is 1420. The number of hydrogen-bond donors (Lipinski definition) is 0. The van der Waals surface area contributed by atoms with Crippen molar-refractivity contribution in [2.24, 2.45) is 0 Å². The monoisotopic (exact) mass is 1070 g/mol. The number of rotatable bonds is 61. The second-order valence-electron chi connectivity index (χ2n) is 22.4. The van der Waals surface area contributed by atoms with E-state index < -0.39 is 6.10 Å². The molecular weight excluding hydrogens is 949 g/mol. The maximum Gasteiger partial charge on any atom is 0.306 e. The summed E-state index contributed by atoms with van der Waals surface area (Å²) < 4.78 is 16.8. The Kier molecular flexibility index (Phi) is 62.7. The third-order valence-corrected chi connectivity index (χ3v) is 14.7. The Balaban J connectivity index is 4.13. The van der Waals surface area contributed by atoms with Gasteiger partial charge >= 0.3 is 17.9 Å². The third-order valence-electron chi connectivity index (χ3n) is 14.7. The first kappa shape index (κ1) is 73.8. The summed E-state index contributed by atoms with van der Waals surface area (Å²) in [5.41, 5.74) is 0. The topological polar surface area (TPSA) is 78.9 Å². The molecule has 0 fully saturated rings. The Hall–Kier alpha value is -3.15. The average Bonchev–Trinajstić information content (AvgIpc) is 3.43. The van der Waals surface area contributed by atoms with Crippen LogP contribution < -0.4 is 0 Å². The van der Waals surface area contributed by atoms with Crippen molar-refractivity contribution in [2.45, 2.75) is 348 Å². The molecule has 6 nitrogen and oxygen atoms in total.